The zero-order valence-electron chi connectivity index (χ0n) is 10.3. The highest BCUT2D eigenvalue weighted by molar-refractivity contribution is 9.10. The van der Waals surface area contributed by atoms with Crippen molar-refractivity contribution in [3.8, 4) is 5.88 Å². The highest BCUT2D eigenvalue weighted by atomic mass is 79.9. The van der Waals surface area contributed by atoms with E-state index >= 15 is 0 Å². The second-order valence-corrected chi connectivity index (χ2v) is 6.37. The van der Waals surface area contributed by atoms with Gasteiger partial charge in [0.1, 0.15) is 11.5 Å². The molecular weight excluding hydrogens is 351 g/mol. The molecule has 1 aromatic carbocycles. The second kappa shape index (κ2) is 5.76. The van der Waals surface area contributed by atoms with Gasteiger partial charge in [0.05, 0.1) is 12.0 Å². The number of nitrogens with zero attached hydrogens (tertiary/aromatic N) is 1. The van der Waals surface area contributed by atoms with Crippen LogP contribution >= 0.6 is 15.9 Å². The zero-order valence-corrected chi connectivity index (χ0v) is 12.7. The number of rotatable bonds is 4. The summed E-state index contributed by atoms with van der Waals surface area (Å²) in [5, 5.41) is 0. The average molecular weight is 361 g/mol. The Labute approximate surface area is 124 Å². The number of halogens is 2. The van der Waals surface area contributed by atoms with E-state index in [2.05, 4.69) is 25.6 Å². The average Bonchev–Trinajstić information content (AvgIpc) is 2.38. The molecule has 0 amide bonds. The summed E-state index contributed by atoms with van der Waals surface area (Å²) in [6.45, 7) is 0. The van der Waals surface area contributed by atoms with E-state index in [0.717, 1.165) is 6.07 Å². The molecule has 5 nitrogen and oxygen atoms in total. The Morgan fingerprint density at radius 2 is 2.10 bits per heavy atom. The smallest absolute Gasteiger partial charge is 0.262 e. The van der Waals surface area contributed by atoms with Gasteiger partial charge >= 0.3 is 0 Å². The lowest BCUT2D eigenvalue weighted by Crippen LogP contribution is -2.14. The first-order chi connectivity index (χ1) is 9.42. The fourth-order valence-corrected chi connectivity index (χ4v) is 2.91. The van der Waals surface area contributed by atoms with E-state index in [1.165, 1.54) is 37.6 Å². The lowest BCUT2D eigenvalue weighted by Gasteiger charge is -2.11. The molecule has 0 unspecified atom stereocenters. The summed E-state index contributed by atoms with van der Waals surface area (Å²) in [7, 11) is -2.54. The first-order valence-corrected chi connectivity index (χ1v) is 7.68. The Bertz CT molecular complexity index is 737. The summed E-state index contributed by atoms with van der Waals surface area (Å²) in [4.78, 5) is 3.74. The lowest BCUT2D eigenvalue weighted by atomic mass is 10.4. The van der Waals surface area contributed by atoms with E-state index in [9.17, 15) is 12.8 Å². The molecule has 0 fully saturated rings. The lowest BCUT2D eigenvalue weighted by molar-refractivity contribution is 0.400. The van der Waals surface area contributed by atoms with Gasteiger partial charge in [0.15, 0.2) is 0 Å². The van der Waals surface area contributed by atoms with E-state index in [1.54, 1.807) is 0 Å². The van der Waals surface area contributed by atoms with Gasteiger partial charge in [0, 0.05) is 10.7 Å². The monoisotopic (exact) mass is 360 g/mol. The molecule has 0 atom stereocenters. The SMILES string of the molecule is COc1ncc(Br)cc1NS(=O)(=O)c1cccc(F)c1. The molecule has 106 valence electrons. The molecule has 0 aliphatic carbocycles. The molecule has 0 saturated carbocycles. The number of methoxy groups -OCH3 is 1. The van der Waals surface area contributed by atoms with E-state index in [4.69, 9.17) is 4.74 Å². The van der Waals surface area contributed by atoms with Crippen molar-refractivity contribution < 1.29 is 17.5 Å². The number of hydrogen-bond donors (Lipinski definition) is 1. The van der Waals surface area contributed by atoms with Crippen LogP contribution in [-0.4, -0.2) is 20.5 Å². The summed E-state index contributed by atoms with van der Waals surface area (Å²) in [6.07, 6.45) is 1.47. The summed E-state index contributed by atoms with van der Waals surface area (Å²) in [5.41, 5.74) is 0.158. The molecule has 2 aromatic rings. The fourth-order valence-electron chi connectivity index (χ4n) is 1.50. The predicted molar refractivity (Wildman–Crippen MR) is 75.7 cm³/mol. The number of hydrogen-bond acceptors (Lipinski definition) is 4. The van der Waals surface area contributed by atoms with E-state index in [0.29, 0.717) is 4.47 Å². The fraction of sp³-hybridized carbons (Fsp3) is 0.0833. The van der Waals surface area contributed by atoms with Crippen molar-refractivity contribution in [2.24, 2.45) is 0 Å². The van der Waals surface area contributed by atoms with E-state index in [1.807, 2.05) is 0 Å². The highest BCUT2D eigenvalue weighted by Crippen LogP contribution is 2.27. The van der Waals surface area contributed by atoms with Crippen LogP contribution in [0.4, 0.5) is 10.1 Å². The minimum absolute atomic E-state index is 0.119. The molecule has 1 aromatic heterocycles. The Hall–Kier alpha value is -1.67. The summed E-state index contributed by atoms with van der Waals surface area (Å²) >= 11 is 3.19. The standard InChI is InChI=1S/C12H10BrFN2O3S/c1-19-12-11(5-8(13)7-15-12)16-20(17,18)10-4-2-3-9(14)6-10/h2-7,16H,1H3. The number of ether oxygens (including phenoxy) is 1. The van der Waals surface area contributed by atoms with Crippen molar-refractivity contribution in [3.05, 3.63) is 46.8 Å². The number of aromatic nitrogens is 1. The van der Waals surface area contributed by atoms with Crippen LogP contribution in [0.15, 0.2) is 45.9 Å². The summed E-state index contributed by atoms with van der Waals surface area (Å²) < 4.78 is 45.3. The van der Waals surface area contributed by atoms with Gasteiger partial charge < -0.3 is 4.74 Å². The quantitative estimate of drug-likeness (QED) is 0.909. The molecule has 20 heavy (non-hydrogen) atoms. The summed E-state index contributed by atoms with van der Waals surface area (Å²) in [6, 6.07) is 6.22. The Kier molecular flexibility index (Phi) is 4.24. The van der Waals surface area contributed by atoms with Crippen molar-refractivity contribution in [3.63, 3.8) is 0 Å². The first kappa shape index (κ1) is 14.7. The molecule has 0 bridgehead atoms. The molecule has 0 spiro atoms. The van der Waals surface area contributed by atoms with E-state index in [-0.39, 0.29) is 16.5 Å². The van der Waals surface area contributed by atoms with Gasteiger partial charge in [-0.15, -0.1) is 0 Å². The predicted octanol–water partition coefficient (Wildman–Crippen LogP) is 2.79. The second-order valence-electron chi connectivity index (χ2n) is 3.77. The van der Waals surface area contributed by atoms with Gasteiger partial charge in [0.2, 0.25) is 5.88 Å². The van der Waals surface area contributed by atoms with E-state index < -0.39 is 15.8 Å². The van der Waals surface area contributed by atoms with Gasteiger partial charge in [-0.3, -0.25) is 4.72 Å². The largest absolute Gasteiger partial charge is 0.479 e. The van der Waals surface area contributed by atoms with Crippen LogP contribution in [0.2, 0.25) is 0 Å². The van der Waals surface area contributed by atoms with Crippen LogP contribution in [-0.2, 0) is 10.0 Å². The molecule has 8 heteroatoms. The van der Waals surface area contributed by atoms with Gasteiger partial charge in [-0.25, -0.2) is 17.8 Å². The molecule has 1 N–H and O–H groups in total. The molecular formula is C12H10BrFN2O3S. The minimum Gasteiger partial charge on any atom is -0.479 e. The number of nitrogens with one attached hydrogen (secondary N) is 1. The number of pyridine rings is 1. The maximum Gasteiger partial charge on any atom is 0.262 e. The normalized spacial score (nSPS) is 11.2. The number of sulfonamides is 1. The molecule has 0 radical (unpaired) electrons. The van der Waals surface area contributed by atoms with Gasteiger partial charge in [-0.2, -0.15) is 0 Å². The molecule has 2 rings (SSSR count). The van der Waals surface area contributed by atoms with Crippen molar-refractivity contribution in [2.45, 2.75) is 4.90 Å². The molecule has 0 aliphatic rings. The minimum atomic E-state index is -3.92. The van der Waals surface area contributed by atoms with Crippen LogP contribution in [0.25, 0.3) is 0 Å². The maximum atomic E-state index is 13.1. The number of benzene rings is 1. The van der Waals surface area contributed by atoms with Gasteiger partial charge in [-0.1, -0.05) is 6.07 Å². The Balaban J connectivity index is 2.40. The van der Waals surface area contributed by atoms with Crippen LogP contribution in [0, 0.1) is 5.82 Å². The van der Waals surface area contributed by atoms with Gasteiger partial charge in [0.25, 0.3) is 10.0 Å². The highest BCUT2D eigenvalue weighted by Gasteiger charge is 2.18. The van der Waals surface area contributed by atoms with Crippen molar-refractivity contribution in [1.29, 1.82) is 0 Å². The molecule has 0 aliphatic heterocycles. The third-order valence-corrected chi connectivity index (χ3v) is 4.16. The molecule has 0 saturated heterocycles. The first-order valence-electron chi connectivity index (χ1n) is 5.40. The maximum absolute atomic E-state index is 13.1. The topological polar surface area (TPSA) is 68.3 Å². The van der Waals surface area contributed by atoms with Crippen molar-refractivity contribution >= 4 is 31.6 Å². The Morgan fingerprint density at radius 3 is 2.75 bits per heavy atom. The number of anilines is 1. The molecule has 1 heterocycles. The Morgan fingerprint density at radius 1 is 1.35 bits per heavy atom. The van der Waals surface area contributed by atoms with Crippen molar-refractivity contribution in [2.75, 3.05) is 11.8 Å². The third-order valence-electron chi connectivity index (χ3n) is 2.36. The zero-order chi connectivity index (χ0) is 14.8. The van der Waals surface area contributed by atoms with Crippen LogP contribution < -0.4 is 9.46 Å². The summed E-state index contributed by atoms with van der Waals surface area (Å²) in [5.74, 6) is -0.514. The van der Waals surface area contributed by atoms with Gasteiger partial charge in [-0.05, 0) is 40.2 Å². The van der Waals surface area contributed by atoms with Crippen molar-refractivity contribution in [1.82, 2.24) is 4.98 Å². The van der Waals surface area contributed by atoms with Crippen LogP contribution in [0.1, 0.15) is 0 Å². The van der Waals surface area contributed by atoms with Crippen LogP contribution in [0.5, 0.6) is 5.88 Å². The third kappa shape index (κ3) is 3.26. The van der Waals surface area contributed by atoms with Crippen LogP contribution in [0.3, 0.4) is 0 Å².